The van der Waals surface area contributed by atoms with Gasteiger partial charge in [-0.2, -0.15) is 0 Å². The highest BCUT2D eigenvalue weighted by atomic mass is 19.1. The highest BCUT2D eigenvalue weighted by molar-refractivity contribution is 5.57. The van der Waals surface area contributed by atoms with Crippen LogP contribution in [-0.4, -0.2) is 12.1 Å². The van der Waals surface area contributed by atoms with Crippen molar-refractivity contribution in [3.8, 4) is 0 Å². The van der Waals surface area contributed by atoms with E-state index in [1.165, 1.54) is 11.6 Å². The van der Waals surface area contributed by atoms with Crippen LogP contribution in [0.1, 0.15) is 45.7 Å². The molecule has 0 radical (unpaired) electrons. The Morgan fingerprint density at radius 3 is 2.47 bits per heavy atom. The van der Waals surface area contributed by atoms with Crippen molar-refractivity contribution in [1.29, 1.82) is 0 Å². The molecule has 0 heterocycles. The molecule has 0 aliphatic heterocycles. The van der Waals surface area contributed by atoms with Gasteiger partial charge in [-0.1, -0.05) is 31.6 Å². The predicted molar refractivity (Wildman–Crippen MR) is 81.7 cm³/mol. The van der Waals surface area contributed by atoms with Crippen LogP contribution >= 0.6 is 0 Å². The summed E-state index contributed by atoms with van der Waals surface area (Å²) in [6.07, 6.45) is 2.11. The lowest BCUT2D eigenvalue weighted by atomic mass is 9.97. The molecule has 19 heavy (non-hydrogen) atoms. The van der Waals surface area contributed by atoms with Crippen LogP contribution < -0.4 is 5.32 Å². The maximum atomic E-state index is 13.3. The van der Waals surface area contributed by atoms with Crippen LogP contribution in [0, 0.1) is 18.7 Å². The van der Waals surface area contributed by atoms with Gasteiger partial charge in [0, 0.05) is 12.1 Å². The third kappa shape index (κ3) is 5.56. The highest BCUT2D eigenvalue weighted by Crippen LogP contribution is 2.19. The minimum Gasteiger partial charge on any atom is -0.308 e. The Labute approximate surface area is 116 Å². The van der Waals surface area contributed by atoms with Crippen molar-refractivity contribution in [2.75, 3.05) is 6.54 Å². The van der Waals surface area contributed by atoms with Crippen molar-refractivity contribution in [1.82, 2.24) is 5.32 Å². The minimum absolute atomic E-state index is 0.0883. The summed E-state index contributed by atoms with van der Waals surface area (Å²) in [7, 11) is 0. The Kier molecular flexibility index (Phi) is 5.30. The van der Waals surface area contributed by atoms with Crippen LogP contribution in [0.3, 0.4) is 0 Å². The lowest BCUT2D eigenvalue weighted by molar-refractivity contribution is 0.437. The summed E-state index contributed by atoms with van der Waals surface area (Å²) in [5.74, 6) is 0.265. The zero-order chi connectivity index (χ0) is 14.6. The Bertz CT molecular complexity index is 453. The molecule has 2 heteroatoms. The van der Waals surface area contributed by atoms with Crippen LogP contribution in [0.4, 0.5) is 4.39 Å². The van der Waals surface area contributed by atoms with Gasteiger partial charge in [-0.05, 0) is 56.9 Å². The maximum Gasteiger partial charge on any atom is 0.123 e. The summed E-state index contributed by atoms with van der Waals surface area (Å²) >= 11 is 0. The molecule has 0 bridgehead atoms. The summed E-state index contributed by atoms with van der Waals surface area (Å²) in [6, 6.07) is 4.94. The predicted octanol–water partition coefficient (Wildman–Crippen LogP) is 4.56. The summed E-state index contributed by atoms with van der Waals surface area (Å²) < 4.78 is 13.3. The van der Waals surface area contributed by atoms with Gasteiger partial charge in [0.2, 0.25) is 0 Å². The Hall–Kier alpha value is -1.15. The van der Waals surface area contributed by atoms with E-state index in [0.29, 0.717) is 5.92 Å². The molecule has 0 fully saturated rings. The summed E-state index contributed by atoms with van der Waals surface area (Å²) in [6.45, 7) is 13.6. The first-order chi connectivity index (χ1) is 8.69. The van der Waals surface area contributed by atoms with Crippen LogP contribution in [0.25, 0.3) is 6.08 Å². The van der Waals surface area contributed by atoms with Gasteiger partial charge in [0.15, 0.2) is 0 Å². The van der Waals surface area contributed by atoms with E-state index < -0.39 is 0 Å². The summed E-state index contributed by atoms with van der Waals surface area (Å²) in [4.78, 5) is 0. The van der Waals surface area contributed by atoms with Crippen molar-refractivity contribution in [2.45, 2.75) is 47.1 Å². The van der Waals surface area contributed by atoms with Crippen molar-refractivity contribution in [2.24, 2.45) is 5.92 Å². The molecule has 0 saturated heterocycles. The largest absolute Gasteiger partial charge is 0.308 e. The van der Waals surface area contributed by atoms with E-state index in [-0.39, 0.29) is 11.4 Å². The molecule has 0 spiro atoms. The molecule has 1 rings (SSSR count). The Morgan fingerprint density at radius 1 is 1.32 bits per heavy atom. The molecule has 0 aliphatic rings. The second-order valence-electron chi connectivity index (χ2n) is 6.48. The van der Waals surface area contributed by atoms with Gasteiger partial charge in [-0.15, -0.1) is 0 Å². The molecule has 0 unspecified atom stereocenters. The smallest absolute Gasteiger partial charge is 0.123 e. The van der Waals surface area contributed by atoms with E-state index in [9.17, 15) is 4.39 Å². The zero-order valence-corrected chi connectivity index (χ0v) is 13.0. The molecule has 1 aromatic carbocycles. The van der Waals surface area contributed by atoms with Gasteiger partial charge in [0.05, 0.1) is 0 Å². The fourth-order valence-corrected chi connectivity index (χ4v) is 1.76. The second kappa shape index (κ2) is 6.33. The van der Waals surface area contributed by atoms with Gasteiger partial charge in [-0.25, -0.2) is 4.39 Å². The normalized spacial score (nSPS) is 13.2. The van der Waals surface area contributed by atoms with E-state index in [1.54, 1.807) is 6.07 Å². The number of nitrogens with one attached hydrogen (secondary N) is 1. The molecule has 0 amide bonds. The quantitative estimate of drug-likeness (QED) is 0.839. The Morgan fingerprint density at radius 2 is 1.95 bits per heavy atom. The number of aryl methyl sites for hydroxylation is 1. The fraction of sp³-hybridized carbons (Fsp3) is 0.529. The average molecular weight is 263 g/mol. The lowest BCUT2D eigenvalue weighted by Crippen LogP contribution is -2.37. The number of benzene rings is 1. The first kappa shape index (κ1) is 15.9. The Balaban J connectivity index is 2.98. The monoisotopic (exact) mass is 263 g/mol. The molecular weight excluding hydrogens is 237 g/mol. The van der Waals surface area contributed by atoms with Gasteiger partial charge >= 0.3 is 0 Å². The van der Waals surface area contributed by atoms with Gasteiger partial charge < -0.3 is 5.32 Å². The van der Waals surface area contributed by atoms with E-state index >= 15 is 0 Å². The van der Waals surface area contributed by atoms with Crippen molar-refractivity contribution in [3.63, 3.8) is 0 Å². The van der Waals surface area contributed by atoms with Crippen LogP contribution in [0.2, 0.25) is 0 Å². The van der Waals surface area contributed by atoms with E-state index in [0.717, 1.165) is 17.7 Å². The van der Waals surface area contributed by atoms with Crippen LogP contribution in [0.5, 0.6) is 0 Å². The fourth-order valence-electron chi connectivity index (χ4n) is 1.76. The third-order valence-electron chi connectivity index (χ3n) is 3.15. The number of halogens is 1. The maximum absolute atomic E-state index is 13.3. The number of hydrogen-bond donors (Lipinski definition) is 1. The molecule has 0 aromatic heterocycles. The van der Waals surface area contributed by atoms with Crippen LogP contribution in [-0.2, 0) is 0 Å². The second-order valence-corrected chi connectivity index (χ2v) is 6.48. The van der Waals surface area contributed by atoms with E-state index in [4.69, 9.17) is 0 Å². The number of rotatable bonds is 4. The number of hydrogen-bond acceptors (Lipinski definition) is 1. The van der Waals surface area contributed by atoms with Gasteiger partial charge in [-0.3, -0.25) is 0 Å². The molecule has 1 N–H and O–H groups in total. The molecule has 1 aromatic rings. The molecule has 0 aliphatic carbocycles. The van der Waals surface area contributed by atoms with E-state index in [1.807, 2.05) is 13.0 Å². The van der Waals surface area contributed by atoms with Crippen molar-refractivity contribution in [3.05, 3.63) is 40.7 Å². The summed E-state index contributed by atoms with van der Waals surface area (Å²) in [5.41, 5.74) is 3.46. The van der Waals surface area contributed by atoms with Gasteiger partial charge in [0.1, 0.15) is 5.82 Å². The standard InChI is InChI=1S/C17H26FN/c1-12(2)15(11-19-17(4,5)6)9-14-10-16(18)8-7-13(14)3/h7-10,12,19H,11H2,1-6H3/b15-9+. The van der Waals surface area contributed by atoms with E-state index in [2.05, 4.69) is 46.0 Å². The topological polar surface area (TPSA) is 12.0 Å². The highest BCUT2D eigenvalue weighted by Gasteiger charge is 2.12. The SMILES string of the molecule is Cc1ccc(F)cc1/C=C(\CNC(C)(C)C)C(C)C. The zero-order valence-electron chi connectivity index (χ0n) is 13.0. The molecule has 1 nitrogen and oxygen atoms in total. The first-order valence-electron chi connectivity index (χ1n) is 6.90. The lowest BCUT2D eigenvalue weighted by Gasteiger charge is -2.23. The summed E-state index contributed by atoms with van der Waals surface area (Å²) in [5, 5.41) is 3.50. The third-order valence-corrected chi connectivity index (χ3v) is 3.15. The average Bonchev–Trinajstić information content (AvgIpc) is 2.27. The molecular formula is C17H26FN. The minimum atomic E-state index is -0.177. The molecule has 0 atom stereocenters. The van der Waals surface area contributed by atoms with Gasteiger partial charge in [0.25, 0.3) is 0 Å². The molecule has 106 valence electrons. The first-order valence-corrected chi connectivity index (χ1v) is 6.90. The van der Waals surface area contributed by atoms with Crippen LogP contribution in [0.15, 0.2) is 23.8 Å². The molecule has 0 saturated carbocycles. The van der Waals surface area contributed by atoms with Crippen molar-refractivity contribution >= 4 is 6.08 Å². The van der Waals surface area contributed by atoms with Crippen molar-refractivity contribution < 1.29 is 4.39 Å².